The smallest absolute Gasteiger partial charge is 0.306 e. The number of aliphatic carboxylic acids is 1. The van der Waals surface area contributed by atoms with Gasteiger partial charge in [-0.1, -0.05) is 26.0 Å². The Balaban J connectivity index is 2.97. The lowest BCUT2D eigenvalue weighted by atomic mass is 9.85. The predicted molar refractivity (Wildman–Crippen MR) is 57.9 cm³/mol. The summed E-state index contributed by atoms with van der Waals surface area (Å²) in [6.45, 7) is 3.65. The molecule has 0 saturated carbocycles. The van der Waals surface area contributed by atoms with E-state index in [1.165, 1.54) is 0 Å². The highest BCUT2D eigenvalue weighted by Gasteiger charge is 2.23. The number of phenolic OH excluding ortho intramolecular Hbond substituents is 1. The normalized spacial score (nSPS) is 14.5. The molecule has 0 amide bonds. The number of phenols is 1. The van der Waals surface area contributed by atoms with Gasteiger partial charge in [0, 0.05) is 0 Å². The molecule has 3 nitrogen and oxygen atoms in total. The Hall–Kier alpha value is -1.51. The summed E-state index contributed by atoms with van der Waals surface area (Å²) < 4.78 is 0. The number of hydrogen-bond acceptors (Lipinski definition) is 2. The van der Waals surface area contributed by atoms with Gasteiger partial charge >= 0.3 is 5.97 Å². The molecule has 15 heavy (non-hydrogen) atoms. The van der Waals surface area contributed by atoms with Gasteiger partial charge in [0.25, 0.3) is 0 Å². The zero-order chi connectivity index (χ0) is 11.4. The number of carboxylic acid groups (broad SMARTS) is 1. The second kappa shape index (κ2) is 4.82. The molecular formula is C12H16O3. The topological polar surface area (TPSA) is 57.5 Å². The molecule has 0 spiro atoms. The summed E-state index contributed by atoms with van der Waals surface area (Å²) in [4.78, 5) is 10.9. The Bertz CT molecular complexity index is 346. The van der Waals surface area contributed by atoms with E-state index in [0.717, 1.165) is 12.0 Å². The summed E-state index contributed by atoms with van der Waals surface area (Å²) in [6, 6.07) is 6.81. The van der Waals surface area contributed by atoms with Crippen LogP contribution in [0, 0.1) is 5.92 Å². The summed E-state index contributed by atoms with van der Waals surface area (Å²) in [5.74, 6) is -1.10. The van der Waals surface area contributed by atoms with Crippen LogP contribution >= 0.6 is 0 Å². The summed E-state index contributed by atoms with van der Waals surface area (Å²) in [7, 11) is 0. The lowest BCUT2D eigenvalue weighted by Crippen LogP contribution is -2.18. The van der Waals surface area contributed by atoms with E-state index in [1.54, 1.807) is 25.1 Å². The van der Waals surface area contributed by atoms with Gasteiger partial charge in [-0.2, -0.15) is 0 Å². The molecule has 0 radical (unpaired) electrons. The van der Waals surface area contributed by atoms with Gasteiger partial charge in [-0.3, -0.25) is 4.79 Å². The number of carboxylic acids is 1. The van der Waals surface area contributed by atoms with Crippen LogP contribution in [-0.4, -0.2) is 16.2 Å². The van der Waals surface area contributed by atoms with E-state index in [4.69, 9.17) is 5.11 Å². The van der Waals surface area contributed by atoms with Crippen LogP contribution in [0.4, 0.5) is 0 Å². The molecule has 0 bridgehead atoms. The van der Waals surface area contributed by atoms with Gasteiger partial charge in [0.2, 0.25) is 0 Å². The Labute approximate surface area is 89.4 Å². The Morgan fingerprint density at radius 3 is 2.60 bits per heavy atom. The zero-order valence-corrected chi connectivity index (χ0v) is 8.97. The van der Waals surface area contributed by atoms with E-state index in [2.05, 4.69) is 0 Å². The van der Waals surface area contributed by atoms with Crippen LogP contribution in [-0.2, 0) is 4.79 Å². The molecule has 0 aliphatic rings. The molecule has 2 atom stereocenters. The molecule has 0 unspecified atom stereocenters. The minimum Gasteiger partial charge on any atom is -0.508 e. The first-order valence-corrected chi connectivity index (χ1v) is 5.08. The van der Waals surface area contributed by atoms with Gasteiger partial charge in [0.15, 0.2) is 0 Å². The minimum absolute atomic E-state index is 0.0467. The van der Waals surface area contributed by atoms with Crippen LogP contribution in [0.25, 0.3) is 0 Å². The van der Waals surface area contributed by atoms with Crippen molar-refractivity contribution in [3.63, 3.8) is 0 Å². The van der Waals surface area contributed by atoms with E-state index < -0.39 is 11.9 Å². The molecule has 1 rings (SSSR count). The molecule has 0 aromatic heterocycles. The maximum atomic E-state index is 10.9. The van der Waals surface area contributed by atoms with Crippen LogP contribution in [0.1, 0.15) is 31.7 Å². The molecule has 82 valence electrons. The number of aromatic hydroxyl groups is 1. The van der Waals surface area contributed by atoms with Gasteiger partial charge in [-0.05, 0) is 30.0 Å². The third kappa shape index (κ3) is 2.72. The average Bonchev–Trinajstić information content (AvgIpc) is 2.18. The molecule has 0 fully saturated rings. The molecule has 2 N–H and O–H groups in total. The zero-order valence-electron chi connectivity index (χ0n) is 8.97. The largest absolute Gasteiger partial charge is 0.508 e. The van der Waals surface area contributed by atoms with Gasteiger partial charge < -0.3 is 10.2 Å². The highest BCUT2D eigenvalue weighted by molar-refractivity contribution is 5.71. The van der Waals surface area contributed by atoms with E-state index in [9.17, 15) is 9.90 Å². The highest BCUT2D eigenvalue weighted by atomic mass is 16.4. The van der Waals surface area contributed by atoms with Crippen LogP contribution in [0.2, 0.25) is 0 Å². The van der Waals surface area contributed by atoms with E-state index in [0.29, 0.717) is 0 Å². The van der Waals surface area contributed by atoms with Crippen molar-refractivity contribution < 1.29 is 15.0 Å². The quantitative estimate of drug-likeness (QED) is 0.799. The standard InChI is InChI=1S/C12H16O3/c1-3-11(8(2)12(14)15)9-5-4-6-10(13)7-9/h4-8,11,13H,3H2,1-2H3,(H,14,15)/t8-,11+/m1/s1. The lowest BCUT2D eigenvalue weighted by Gasteiger charge is -2.19. The van der Waals surface area contributed by atoms with Gasteiger partial charge in [-0.25, -0.2) is 0 Å². The lowest BCUT2D eigenvalue weighted by molar-refractivity contribution is -0.141. The second-order valence-electron chi connectivity index (χ2n) is 3.74. The van der Waals surface area contributed by atoms with Crippen molar-refractivity contribution in [3.05, 3.63) is 29.8 Å². The third-order valence-corrected chi connectivity index (χ3v) is 2.73. The van der Waals surface area contributed by atoms with Crippen molar-refractivity contribution in [3.8, 4) is 5.75 Å². The number of rotatable bonds is 4. The fraction of sp³-hybridized carbons (Fsp3) is 0.417. The van der Waals surface area contributed by atoms with Crippen molar-refractivity contribution in [1.82, 2.24) is 0 Å². The minimum atomic E-state index is -0.801. The monoisotopic (exact) mass is 208 g/mol. The average molecular weight is 208 g/mol. The van der Waals surface area contributed by atoms with Crippen LogP contribution in [0.15, 0.2) is 24.3 Å². The fourth-order valence-electron chi connectivity index (χ4n) is 1.81. The fourth-order valence-corrected chi connectivity index (χ4v) is 1.81. The van der Waals surface area contributed by atoms with Crippen molar-refractivity contribution in [2.45, 2.75) is 26.2 Å². The molecule has 1 aromatic rings. The van der Waals surface area contributed by atoms with Gasteiger partial charge in [0.1, 0.15) is 5.75 Å². The first-order chi connectivity index (χ1) is 7.06. The first-order valence-electron chi connectivity index (χ1n) is 5.08. The molecule has 0 aliphatic carbocycles. The summed E-state index contributed by atoms with van der Waals surface area (Å²) in [5, 5.41) is 18.3. The van der Waals surface area contributed by atoms with E-state index in [1.807, 2.05) is 13.0 Å². The van der Waals surface area contributed by atoms with Gasteiger partial charge in [0.05, 0.1) is 5.92 Å². The predicted octanol–water partition coefficient (Wildman–Crippen LogP) is 2.61. The van der Waals surface area contributed by atoms with Crippen LogP contribution in [0.3, 0.4) is 0 Å². The van der Waals surface area contributed by atoms with E-state index >= 15 is 0 Å². The summed E-state index contributed by atoms with van der Waals surface area (Å²) >= 11 is 0. The first kappa shape index (κ1) is 11.6. The maximum Gasteiger partial charge on any atom is 0.306 e. The molecule has 3 heteroatoms. The molecule has 1 aromatic carbocycles. The third-order valence-electron chi connectivity index (χ3n) is 2.73. The van der Waals surface area contributed by atoms with Crippen molar-refractivity contribution >= 4 is 5.97 Å². The highest BCUT2D eigenvalue weighted by Crippen LogP contribution is 2.29. The number of hydrogen-bond donors (Lipinski definition) is 2. The van der Waals surface area contributed by atoms with Crippen molar-refractivity contribution in [2.24, 2.45) is 5.92 Å². The SMILES string of the molecule is CC[C@H](c1cccc(O)c1)[C@@H](C)C(=O)O. The molecule has 0 heterocycles. The Kier molecular flexibility index (Phi) is 3.72. The molecule has 0 aliphatic heterocycles. The summed E-state index contributed by atoms with van der Waals surface area (Å²) in [5.41, 5.74) is 0.882. The van der Waals surface area contributed by atoms with Crippen LogP contribution < -0.4 is 0 Å². The van der Waals surface area contributed by atoms with Crippen molar-refractivity contribution in [2.75, 3.05) is 0 Å². The molecule has 0 saturated heterocycles. The van der Waals surface area contributed by atoms with Crippen LogP contribution in [0.5, 0.6) is 5.75 Å². The summed E-state index contributed by atoms with van der Waals surface area (Å²) in [6.07, 6.45) is 0.747. The maximum absolute atomic E-state index is 10.9. The second-order valence-corrected chi connectivity index (χ2v) is 3.74. The Morgan fingerprint density at radius 2 is 2.13 bits per heavy atom. The number of benzene rings is 1. The van der Waals surface area contributed by atoms with Crippen molar-refractivity contribution in [1.29, 1.82) is 0 Å². The number of carbonyl (C=O) groups is 1. The van der Waals surface area contributed by atoms with E-state index in [-0.39, 0.29) is 11.7 Å². The molecular weight excluding hydrogens is 192 g/mol. The Morgan fingerprint density at radius 1 is 1.47 bits per heavy atom. The van der Waals surface area contributed by atoms with Gasteiger partial charge in [-0.15, -0.1) is 0 Å².